The van der Waals surface area contributed by atoms with Gasteiger partial charge in [-0.3, -0.25) is 4.79 Å². The molecule has 0 unspecified atom stereocenters. The molecule has 1 aromatic heterocycles. The number of halogens is 3. The molecule has 88 valence electrons. The van der Waals surface area contributed by atoms with E-state index >= 15 is 0 Å². The molecule has 1 aromatic carbocycles. The van der Waals surface area contributed by atoms with Gasteiger partial charge >= 0.3 is 11.8 Å². The summed E-state index contributed by atoms with van der Waals surface area (Å²) in [5.74, 6) is -6.09. The molecule has 2 N–H and O–H groups in total. The number of hydrogen-bond acceptors (Lipinski definition) is 4. The maximum absolute atomic E-state index is 13.3. The molecule has 0 fully saturated rings. The van der Waals surface area contributed by atoms with Crippen LogP contribution in [0.1, 0.15) is 10.7 Å². The maximum Gasteiger partial charge on any atom is 0.316 e. The zero-order valence-corrected chi connectivity index (χ0v) is 8.08. The summed E-state index contributed by atoms with van der Waals surface area (Å²) in [6.07, 6.45) is 0. The molecule has 0 aliphatic carbocycles. The Hall–Kier alpha value is -2.38. The molecule has 0 bridgehead atoms. The van der Waals surface area contributed by atoms with E-state index in [2.05, 4.69) is 14.7 Å². The number of benzene rings is 1. The summed E-state index contributed by atoms with van der Waals surface area (Å²) in [6.45, 7) is 0. The third-order valence-corrected chi connectivity index (χ3v) is 1.90. The zero-order valence-electron chi connectivity index (χ0n) is 8.08. The molecule has 17 heavy (non-hydrogen) atoms. The summed E-state index contributed by atoms with van der Waals surface area (Å²) in [7, 11) is 0. The largest absolute Gasteiger partial charge is 0.361 e. The van der Waals surface area contributed by atoms with Crippen molar-refractivity contribution >= 4 is 5.91 Å². The summed E-state index contributed by atoms with van der Waals surface area (Å²) in [4.78, 5) is 14.0. The van der Waals surface area contributed by atoms with Crippen molar-refractivity contribution in [3.8, 4) is 11.4 Å². The van der Waals surface area contributed by atoms with Gasteiger partial charge in [-0.25, -0.2) is 13.2 Å². The number of carbonyl (C=O) groups excluding carboxylic acids is 1. The second-order valence-electron chi connectivity index (χ2n) is 3.01. The van der Waals surface area contributed by atoms with Crippen molar-refractivity contribution in [3.63, 3.8) is 0 Å². The third-order valence-electron chi connectivity index (χ3n) is 1.90. The minimum Gasteiger partial charge on any atom is -0.361 e. The van der Waals surface area contributed by atoms with E-state index in [-0.39, 0.29) is 0 Å². The van der Waals surface area contributed by atoms with E-state index < -0.39 is 40.6 Å². The summed E-state index contributed by atoms with van der Waals surface area (Å²) in [5, 5.41) is 3.14. The van der Waals surface area contributed by atoms with Crippen molar-refractivity contribution in [2.75, 3.05) is 0 Å². The van der Waals surface area contributed by atoms with Gasteiger partial charge in [0.05, 0.1) is 5.56 Å². The van der Waals surface area contributed by atoms with Gasteiger partial charge in [-0.15, -0.1) is 0 Å². The molecule has 0 saturated heterocycles. The van der Waals surface area contributed by atoms with Gasteiger partial charge in [0, 0.05) is 0 Å². The van der Waals surface area contributed by atoms with Gasteiger partial charge in [0.15, 0.2) is 11.6 Å². The molecule has 1 amide bonds. The minimum absolute atomic E-state index is 0.590. The van der Waals surface area contributed by atoms with Gasteiger partial charge < -0.3 is 10.3 Å². The van der Waals surface area contributed by atoms with Gasteiger partial charge in [-0.2, -0.15) is 4.98 Å². The first-order chi connectivity index (χ1) is 8.00. The first-order valence-electron chi connectivity index (χ1n) is 4.28. The van der Waals surface area contributed by atoms with Crippen molar-refractivity contribution in [2.24, 2.45) is 5.73 Å². The lowest BCUT2D eigenvalue weighted by Gasteiger charge is -1.99. The highest BCUT2D eigenvalue weighted by Gasteiger charge is 2.21. The second kappa shape index (κ2) is 3.89. The molecule has 8 heteroatoms. The third kappa shape index (κ3) is 1.84. The van der Waals surface area contributed by atoms with Crippen LogP contribution in [-0.4, -0.2) is 16.0 Å². The van der Waals surface area contributed by atoms with Crippen molar-refractivity contribution < 1.29 is 22.5 Å². The van der Waals surface area contributed by atoms with Crippen molar-refractivity contribution in [1.29, 1.82) is 0 Å². The lowest BCUT2D eigenvalue weighted by atomic mass is 10.2. The van der Waals surface area contributed by atoms with Crippen LogP contribution in [0.15, 0.2) is 16.7 Å². The van der Waals surface area contributed by atoms with Crippen LogP contribution in [0.4, 0.5) is 13.2 Å². The molecule has 0 aliphatic heterocycles. The van der Waals surface area contributed by atoms with Crippen LogP contribution in [0.5, 0.6) is 0 Å². The van der Waals surface area contributed by atoms with Gasteiger partial charge in [0.1, 0.15) is 5.82 Å². The number of aromatic nitrogens is 2. The normalized spacial score (nSPS) is 10.5. The highest BCUT2D eigenvalue weighted by Crippen LogP contribution is 2.25. The van der Waals surface area contributed by atoms with E-state index in [1.165, 1.54) is 0 Å². The molecule has 2 aromatic rings. The van der Waals surface area contributed by atoms with Crippen LogP contribution in [0, 0.1) is 17.5 Å². The fourth-order valence-electron chi connectivity index (χ4n) is 1.16. The second-order valence-corrected chi connectivity index (χ2v) is 3.01. The smallest absolute Gasteiger partial charge is 0.316 e. The van der Waals surface area contributed by atoms with E-state index in [4.69, 9.17) is 5.73 Å². The topological polar surface area (TPSA) is 82.0 Å². The number of carbonyl (C=O) groups is 1. The van der Waals surface area contributed by atoms with Crippen LogP contribution < -0.4 is 5.73 Å². The standard InChI is InChI=1S/C9H4F3N3O2/c10-3-1-2-4(11)6(12)5(3)8-14-9(7(13)16)17-15-8/h1-2H,(H2,13,16). The van der Waals surface area contributed by atoms with Gasteiger partial charge in [-0.05, 0) is 12.1 Å². The highest BCUT2D eigenvalue weighted by molar-refractivity contribution is 5.88. The number of nitrogens with zero attached hydrogens (tertiary/aromatic N) is 2. The lowest BCUT2D eigenvalue weighted by Crippen LogP contribution is -2.11. The summed E-state index contributed by atoms with van der Waals surface area (Å²) >= 11 is 0. The number of primary amides is 1. The molecular formula is C9H4F3N3O2. The maximum atomic E-state index is 13.3. The van der Waals surface area contributed by atoms with Crippen molar-refractivity contribution in [1.82, 2.24) is 10.1 Å². The van der Waals surface area contributed by atoms with Crippen LogP contribution >= 0.6 is 0 Å². The number of nitrogens with two attached hydrogens (primary N) is 1. The summed E-state index contributed by atoms with van der Waals surface area (Å²) in [6, 6.07) is 1.32. The molecular weight excluding hydrogens is 239 g/mol. The number of rotatable bonds is 2. The van der Waals surface area contributed by atoms with Gasteiger partial charge in [-0.1, -0.05) is 5.16 Å². The first-order valence-corrected chi connectivity index (χ1v) is 4.28. The Morgan fingerprint density at radius 2 is 1.88 bits per heavy atom. The van der Waals surface area contributed by atoms with Gasteiger partial charge in [0.25, 0.3) is 0 Å². The average Bonchev–Trinajstić information content (AvgIpc) is 2.73. The minimum atomic E-state index is -1.47. The Morgan fingerprint density at radius 3 is 2.47 bits per heavy atom. The summed E-state index contributed by atoms with van der Waals surface area (Å²) in [5.41, 5.74) is 4.00. The fraction of sp³-hybridized carbons (Fsp3) is 0. The van der Waals surface area contributed by atoms with E-state index in [9.17, 15) is 18.0 Å². The first kappa shape index (κ1) is 11.1. The van der Waals surface area contributed by atoms with Gasteiger partial charge in [0.2, 0.25) is 5.82 Å². The molecule has 0 aliphatic rings. The molecule has 0 atom stereocenters. The monoisotopic (exact) mass is 243 g/mol. The number of hydrogen-bond donors (Lipinski definition) is 1. The Morgan fingerprint density at radius 1 is 1.24 bits per heavy atom. The Bertz CT molecular complexity index is 597. The lowest BCUT2D eigenvalue weighted by molar-refractivity contribution is 0.0958. The quantitative estimate of drug-likeness (QED) is 0.805. The van der Waals surface area contributed by atoms with Crippen LogP contribution in [-0.2, 0) is 0 Å². The van der Waals surface area contributed by atoms with E-state index in [1.54, 1.807) is 0 Å². The molecule has 0 saturated carbocycles. The number of amides is 1. The average molecular weight is 243 g/mol. The fourth-order valence-corrected chi connectivity index (χ4v) is 1.16. The molecule has 0 spiro atoms. The van der Waals surface area contributed by atoms with E-state index in [0.717, 1.165) is 0 Å². The van der Waals surface area contributed by atoms with Crippen LogP contribution in [0.25, 0.3) is 11.4 Å². The van der Waals surface area contributed by atoms with E-state index in [0.29, 0.717) is 12.1 Å². The summed E-state index contributed by atoms with van der Waals surface area (Å²) < 4.78 is 43.8. The van der Waals surface area contributed by atoms with Crippen molar-refractivity contribution in [3.05, 3.63) is 35.5 Å². The van der Waals surface area contributed by atoms with Crippen LogP contribution in [0.2, 0.25) is 0 Å². The molecule has 2 rings (SSSR count). The molecule has 5 nitrogen and oxygen atoms in total. The Balaban J connectivity index is 2.60. The van der Waals surface area contributed by atoms with E-state index in [1.807, 2.05) is 0 Å². The predicted octanol–water partition coefficient (Wildman–Crippen LogP) is 1.25. The molecule has 1 heterocycles. The Labute approximate surface area is 92.0 Å². The Kier molecular flexibility index (Phi) is 2.54. The predicted molar refractivity (Wildman–Crippen MR) is 48.1 cm³/mol. The highest BCUT2D eigenvalue weighted by atomic mass is 19.2. The van der Waals surface area contributed by atoms with Crippen molar-refractivity contribution in [2.45, 2.75) is 0 Å². The molecule has 0 radical (unpaired) electrons. The van der Waals surface area contributed by atoms with Crippen LogP contribution in [0.3, 0.4) is 0 Å². The SMILES string of the molecule is NC(=O)c1nc(-c2c(F)ccc(F)c2F)no1. The zero-order chi connectivity index (χ0) is 12.6.